The Labute approximate surface area is 332 Å². The van der Waals surface area contributed by atoms with Crippen molar-refractivity contribution in [3.05, 3.63) is 128 Å². The standard InChI is InChI=1S/C42H50ClN7O6/c1-27-15-16-29(39(52)44-17-18-48(6)7)22-34(27)49-28(2)21-35(38(43)40(49)53)56-26-31-12-9-8-11-30(31)25-45-41(54)46-37-24-36(42(3,4)5)47-50(37)32-13-10-14-33(23-32)55-20-19-51/h8-16,21-24,51H,17-20,25-26H2,1-7H3,(H,44,52)(H2,45,46,54). The van der Waals surface area contributed by atoms with Gasteiger partial charge in [-0.05, 0) is 68.9 Å². The highest BCUT2D eigenvalue weighted by Gasteiger charge is 2.22. The zero-order chi connectivity index (χ0) is 40.6. The van der Waals surface area contributed by atoms with E-state index >= 15 is 0 Å². The SMILES string of the molecule is Cc1ccc(C(=O)NCCN(C)C)cc1-n1c(C)cc(OCc2ccccc2CNC(=O)Nc2cc(C(C)(C)C)nn2-c2cccc(OCCO)c2)c(Cl)c1=O. The number of hydrogen-bond acceptors (Lipinski definition) is 8. The van der Waals surface area contributed by atoms with E-state index < -0.39 is 11.6 Å². The molecule has 2 aromatic heterocycles. The van der Waals surface area contributed by atoms with E-state index in [2.05, 4.69) is 16.0 Å². The van der Waals surface area contributed by atoms with Gasteiger partial charge < -0.3 is 30.1 Å². The Bertz CT molecular complexity index is 2240. The molecule has 56 heavy (non-hydrogen) atoms. The summed E-state index contributed by atoms with van der Waals surface area (Å²) in [6.07, 6.45) is 0. The van der Waals surface area contributed by atoms with Gasteiger partial charge in [0.2, 0.25) is 0 Å². The van der Waals surface area contributed by atoms with Crippen molar-refractivity contribution in [3.8, 4) is 22.9 Å². The van der Waals surface area contributed by atoms with Crippen LogP contribution in [-0.4, -0.2) is 76.7 Å². The molecule has 0 aliphatic rings. The Morgan fingerprint density at radius 2 is 1.68 bits per heavy atom. The number of rotatable bonds is 15. The fraction of sp³-hybridized carbons (Fsp3) is 0.333. The fourth-order valence-electron chi connectivity index (χ4n) is 5.84. The van der Waals surface area contributed by atoms with E-state index in [1.54, 1.807) is 48.0 Å². The van der Waals surface area contributed by atoms with E-state index in [1.807, 2.05) is 89.2 Å². The molecular weight excluding hydrogens is 734 g/mol. The van der Waals surface area contributed by atoms with Crippen LogP contribution in [0.3, 0.4) is 0 Å². The summed E-state index contributed by atoms with van der Waals surface area (Å²) in [6.45, 7) is 11.3. The number of pyridine rings is 1. The monoisotopic (exact) mass is 783 g/mol. The molecule has 0 spiro atoms. The minimum atomic E-state index is -0.472. The van der Waals surface area contributed by atoms with Crippen LogP contribution in [0.15, 0.2) is 83.7 Å². The molecule has 0 saturated carbocycles. The lowest BCUT2D eigenvalue weighted by molar-refractivity contribution is 0.0951. The first-order chi connectivity index (χ1) is 26.7. The maximum atomic E-state index is 13.7. The van der Waals surface area contributed by atoms with Crippen LogP contribution < -0.4 is 31.0 Å². The van der Waals surface area contributed by atoms with E-state index in [-0.39, 0.29) is 48.5 Å². The van der Waals surface area contributed by atoms with Gasteiger partial charge in [0.15, 0.2) is 0 Å². The predicted octanol–water partition coefficient (Wildman–Crippen LogP) is 6.15. The number of anilines is 1. The van der Waals surface area contributed by atoms with Crippen LogP contribution in [0.1, 0.15) is 59.2 Å². The number of aliphatic hydroxyl groups excluding tert-OH is 1. The summed E-state index contributed by atoms with van der Waals surface area (Å²) in [4.78, 5) is 41.9. The number of aromatic nitrogens is 3. The number of carbonyl (C=O) groups excluding carboxylic acids is 2. The minimum Gasteiger partial charge on any atom is -0.491 e. The molecule has 13 nitrogen and oxygen atoms in total. The number of aryl methyl sites for hydroxylation is 2. The summed E-state index contributed by atoms with van der Waals surface area (Å²) in [5.74, 6) is 1.01. The molecule has 2 heterocycles. The first kappa shape index (κ1) is 41.5. The quantitative estimate of drug-likeness (QED) is 0.0987. The summed E-state index contributed by atoms with van der Waals surface area (Å²) in [7, 11) is 3.87. The molecule has 296 valence electrons. The van der Waals surface area contributed by atoms with E-state index in [1.165, 1.54) is 4.57 Å². The lowest BCUT2D eigenvalue weighted by Crippen LogP contribution is -2.31. The zero-order valence-electron chi connectivity index (χ0n) is 32.9. The molecule has 0 unspecified atom stereocenters. The van der Waals surface area contributed by atoms with Crippen LogP contribution in [-0.2, 0) is 18.6 Å². The van der Waals surface area contributed by atoms with Gasteiger partial charge in [0, 0.05) is 54.5 Å². The number of nitrogens with one attached hydrogen (secondary N) is 3. The van der Waals surface area contributed by atoms with Gasteiger partial charge in [0.05, 0.1) is 23.7 Å². The Hall–Kier alpha value is -5.63. The normalized spacial score (nSPS) is 11.4. The van der Waals surface area contributed by atoms with Crippen molar-refractivity contribution in [1.29, 1.82) is 0 Å². The van der Waals surface area contributed by atoms with Crippen LogP contribution >= 0.6 is 11.6 Å². The highest BCUT2D eigenvalue weighted by atomic mass is 35.5. The Morgan fingerprint density at radius 1 is 0.929 bits per heavy atom. The lowest BCUT2D eigenvalue weighted by atomic mass is 9.92. The molecule has 3 aromatic carbocycles. The Balaban J connectivity index is 1.29. The molecule has 4 N–H and O–H groups in total. The van der Waals surface area contributed by atoms with Gasteiger partial charge >= 0.3 is 6.03 Å². The number of likely N-dealkylation sites (N-methyl/N-ethyl adjacent to an activating group) is 1. The smallest absolute Gasteiger partial charge is 0.320 e. The maximum Gasteiger partial charge on any atom is 0.320 e. The number of hydrogen-bond donors (Lipinski definition) is 4. The summed E-state index contributed by atoms with van der Waals surface area (Å²) in [6, 6.07) is 23.1. The summed E-state index contributed by atoms with van der Waals surface area (Å²) in [5, 5.41) is 22.6. The van der Waals surface area contributed by atoms with E-state index in [4.69, 9.17) is 26.2 Å². The number of ether oxygens (including phenoxy) is 2. The molecule has 3 amide bonds. The van der Waals surface area contributed by atoms with Crippen molar-refractivity contribution in [2.75, 3.05) is 45.7 Å². The minimum absolute atomic E-state index is 0.0835. The van der Waals surface area contributed by atoms with Crippen molar-refractivity contribution in [2.24, 2.45) is 0 Å². The highest BCUT2D eigenvalue weighted by Crippen LogP contribution is 2.29. The van der Waals surface area contributed by atoms with Gasteiger partial charge in [-0.2, -0.15) is 5.10 Å². The highest BCUT2D eigenvalue weighted by molar-refractivity contribution is 6.31. The van der Waals surface area contributed by atoms with Gasteiger partial charge in [0.25, 0.3) is 11.5 Å². The molecule has 0 atom stereocenters. The summed E-state index contributed by atoms with van der Waals surface area (Å²) in [5.41, 5.74) is 4.64. The lowest BCUT2D eigenvalue weighted by Gasteiger charge is -2.18. The predicted molar refractivity (Wildman–Crippen MR) is 219 cm³/mol. The van der Waals surface area contributed by atoms with Gasteiger partial charge in [-0.1, -0.05) is 68.8 Å². The number of halogens is 1. The number of amides is 3. The van der Waals surface area contributed by atoms with Gasteiger partial charge in [-0.3, -0.25) is 19.5 Å². The molecule has 0 aliphatic carbocycles. The number of carbonyl (C=O) groups is 2. The largest absolute Gasteiger partial charge is 0.491 e. The van der Waals surface area contributed by atoms with E-state index in [0.717, 1.165) is 22.4 Å². The van der Waals surface area contributed by atoms with Gasteiger partial charge in [-0.25, -0.2) is 9.48 Å². The van der Waals surface area contributed by atoms with Crippen molar-refractivity contribution in [1.82, 2.24) is 29.9 Å². The van der Waals surface area contributed by atoms with Crippen molar-refractivity contribution in [2.45, 2.75) is 53.2 Å². The molecule has 5 rings (SSSR count). The number of urea groups is 1. The maximum absolute atomic E-state index is 13.7. The topological polar surface area (TPSA) is 152 Å². The average Bonchev–Trinajstić information content (AvgIpc) is 3.59. The summed E-state index contributed by atoms with van der Waals surface area (Å²) >= 11 is 6.64. The van der Waals surface area contributed by atoms with Crippen LogP contribution in [0.5, 0.6) is 11.5 Å². The number of benzene rings is 3. The second-order valence-corrected chi connectivity index (χ2v) is 15.1. The third kappa shape index (κ3) is 10.4. The molecule has 5 aromatic rings. The van der Waals surface area contributed by atoms with Crippen LogP contribution in [0.2, 0.25) is 5.02 Å². The van der Waals surface area contributed by atoms with Crippen molar-refractivity contribution < 1.29 is 24.2 Å². The van der Waals surface area contributed by atoms with E-state index in [9.17, 15) is 19.5 Å². The molecule has 0 fully saturated rings. The van der Waals surface area contributed by atoms with Crippen molar-refractivity contribution >= 4 is 29.4 Å². The molecule has 0 aliphatic heterocycles. The van der Waals surface area contributed by atoms with Crippen LogP contribution in [0.25, 0.3) is 11.4 Å². The third-order valence-electron chi connectivity index (χ3n) is 8.94. The van der Waals surface area contributed by atoms with Crippen LogP contribution in [0.4, 0.5) is 10.6 Å². The number of aliphatic hydroxyl groups is 1. The Morgan fingerprint density at radius 3 is 2.39 bits per heavy atom. The third-order valence-corrected chi connectivity index (χ3v) is 9.29. The van der Waals surface area contributed by atoms with Crippen LogP contribution in [0, 0.1) is 13.8 Å². The first-order valence-corrected chi connectivity index (χ1v) is 18.7. The average molecular weight is 784 g/mol. The molecule has 14 heteroatoms. The summed E-state index contributed by atoms with van der Waals surface area (Å²) < 4.78 is 14.9. The molecule has 0 saturated heterocycles. The van der Waals surface area contributed by atoms with Gasteiger partial charge in [-0.15, -0.1) is 0 Å². The number of nitrogens with zero attached hydrogens (tertiary/aromatic N) is 4. The fourth-order valence-corrected chi connectivity index (χ4v) is 6.03. The van der Waals surface area contributed by atoms with Crippen molar-refractivity contribution in [3.63, 3.8) is 0 Å². The molecule has 0 bridgehead atoms. The van der Waals surface area contributed by atoms with Gasteiger partial charge in [0.1, 0.15) is 35.6 Å². The zero-order valence-corrected chi connectivity index (χ0v) is 33.7. The Kier molecular flexibility index (Phi) is 13.6. The molecule has 0 radical (unpaired) electrons. The molecular formula is C42H50ClN7O6. The first-order valence-electron chi connectivity index (χ1n) is 18.3. The second-order valence-electron chi connectivity index (χ2n) is 14.7. The second kappa shape index (κ2) is 18.3. The van der Waals surface area contributed by atoms with E-state index in [0.29, 0.717) is 47.3 Å².